The van der Waals surface area contributed by atoms with Crippen LogP contribution in [0.3, 0.4) is 0 Å². The van der Waals surface area contributed by atoms with Gasteiger partial charge in [-0.2, -0.15) is 0 Å². The number of nitrogens with one attached hydrogen (secondary N) is 1. The zero-order valence-electron chi connectivity index (χ0n) is 9.69. The summed E-state index contributed by atoms with van der Waals surface area (Å²) in [5.74, 6) is 5.59. The molecule has 6 heteroatoms. The Morgan fingerprint density at radius 3 is 3.11 bits per heavy atom. The van der Waals surface area contributed by atoms with Crippen LogP contribution in [-0.2, 0) is 0 Å². The third-order valence-electron chi connectivity index (χ3n) is 2.10. The second kappa shape index (κ2) is 5.78. The molecule has 0 aliphatic carbocycles. The molecule has 0 radical (unpaired) electrons. The number of anilines is 1. The highest BCUT2D eigenvalue weighted by molar-refractivity contribution is 7.15. The first kappa shape index (κ1) is 12.8. The number of hydrogen-bond acceptors (Lipinski definition) is 5. The van der Waals surface area contributed by atoms with Crippen molar-refractivity contribution in [3.05, 3.63) is 33.0 Å². The highest BCUT2D eigenvalue weighted by atomic mass is 32.1. The van der Waals surface area contributed by atoms with Crippen molar-refractivity contribution < 1.29 is 4.79 Å². The quantitative estimate of drug-likeness (QED) is 0.826. The molecule has 92 valence electrons. The van der Waals surface area contributed by atoms with Gasteiger partial charge in [0.15, 0.2) is 5.13 Å². The van der Waals surface area contributed by atoms with Crippen molar-refractivity contribution in [2.24, 2.45) is 5.73 Å². The second-order valence-corrected chi connectivity index (χ2v) is 5.37. The molecule has 0 saturated heterocycles. The summed E-state index contributed by atoms with van der Waals surface area (Å²) in [6, 6.07) is 1.83. The summed E-state index contributed by atoms with van der Waals surface area (Å²) in [5, 5.41) is 5.15. The van der Waals surface area contributed by atoms with E-state index in [-0.39, 0.29) is 5.91 Å². The number of carbonyl (C=O) groups is 1. The summed E-state index contributed by atoms with van der Waals surface area (Å²) in [7, 11) is 0. The molecule has 2 rings (SSSR count). The van der Waals surface area contributed by atoms with Crippen molar-refractivity contribution in [2.45, 2.75) is 6.92 Å². The van der Waals surface area contributed by atoms with Crippen LogP contribution >= 0.6 is 22.7 Å². The smallest absolute Gasteiger partial charge is 0.267 e. The topological polar surface area (TPSA) is 68.0 Å². The minimum Gasteiger partial charge on any atom is -0.320 e. The maximum absolute atomic E-state index is 11.9. The van der Waals surface area contributed by atoms with Gasteiger partial charge in [0.25, 0.3) is 5.91 Å². The Bertz CT molecular complexity index is 605. The third-order valence-corrected chi connectivity index (χ3v) is 3.94. The highest BCUT2D eigenvalue weighted by Crippen LogP contribution is 2.22. The highest BCUT2D eigenvalue weighted by Gasteiger charge is 2.12. The molecule has 0 saturated carbocycles. The van der Waals surface area contributed by atoms with Crippen LogP contribution in [0.4, 0.5) is 5.13 Å². The molecule has 4 nitrogen and oxygen atoms in total. The zero-order chi connectivity index (χ0) is 13.0. The van der Waals surface area contributed by atoms with E-state index >= 15 is 0 Å². The zero-order valence-corrected chi connectivity index (χ0v) is 11.3. The number of thiazole rings is 1. The minimum absolute atomic E-state index is 0.154. The van der Waals surface area contributed by atoms with Crippen molar-refractivity contribution in [3.63, 3.8) is 0 Å². The van der Waals surface area contributed by atoms with Gasteiger partial charge in [-0.3, -0.25) is 10.1 Å². The summed E-state index contributed by atoms with van der Waals surface area (Å²) in [6.45, 7) is 2.25. The van der Waals surface area contributed by atoms with Gasteiger partial charge in [0, 0.05) is 11.6 Å². The van der Waals surface area contributed by atoms with Crippen molar-refractivity contribution in [2.75, 3.05) is 11.9 Å². The molecule has 1 amide bonds. The van der Waals surface area contributed by atoms with Crippen LogP contribution in [0.5, 0.6) is 0 Å². The average Bonchev–Trinajstić information content (AvgIpc) is 2.96. The molecular formula is C12H11N3OS2. The summed E-state index contributed by atoms with van der Waals surface area (Å²) in [4.78, 5) is 17.5. The summed E-state index contributed by atoms with van der Waals surface area (Å²) in [5.41, 5.74) is 6.32. The Hall–Kier alpha value is -1.68. The number of nitrogens with zero attached hydrogens (tertiary/aromatic N) is 1. The van der Waals surface area contributed by atoms with E-state index in [4.69, 9.17) is 5.73 Å². The molecule has 0 unspecified atom stereocenters. The number of hydrogen-bond donors (Lipinski definition) is 2. The maximum Gasteiger partial charge on any atom is 0.267 e. The van der Waals surface area contributed by atoms with Gasteiger partial charge in [-0.05, 0) is 18.6 Å². The monoisotopic (exact) mass is 277 g/mol. The van der Waals surface area contributed by atoms with E-state index in [1.807, 2.05) is 18.4 Å². The standard InChI is InChI=1S/C12H11N3OS2/c1-8-7-10(18-9(8)3-2-4-13)11(16)15-12-14-5-6-17-12/h5-7H,4,13H2,1H3,(H,14,15,16). The van der Waals surface area contributed by atoms with Crippen molar-refractivity contribution in [1.29, 1.82) is 0 Å². The summed E-state index contributed by atoms with van der Waals surface area (Å²) >= 11 is 2.75. The first-order valence-corrected chi connectivity index (χ1v) is 6.90. The van der Waals surface area contributed by atoms with Gasteiger partial charge in [-0.25, -0.2) is 4.98 Å². The number of rotatable bonds is 2. The van der Waals surface area contributed by atoms with Gasteiger partial charge in [0.05, 0.1) is 16.3 Å². The van der Waals surface area contributed by atoms with E-state index in [9.17, 15) is 4.79 Å². The SMILES string of the molecule is Cc1cc(C(=O)Nc2nccs2)sc1C#CCN. The van der Waals surface area contributed by atoms with E-state index in [1.165, 1.54) is 22.7 Å². The van der Waals surface area contributed by atoms with Gasteiger partial charge in [-0.1, -0.05) is 11.8 Å². The van der Waals surface area contributed by atoms with Gasteiger partial charge < -0.3 is 5.73 Å². The Labute approximate surface area is 113 Å². The Morgan fingerprint density at radius 1 is 1.61 bits per heavy atom. The van der Waals surface area contributed by atoms with Gasteiger partial charge >= 0.3 is 0 Å². The molecule has 0 bridgehead atoms. The van der Waals surface area contributed by atoms with Crippen LogP contribution in [0.1, 0.15) is 20.1 Å². The number of nitrogens with two attached hydrogens (primary N) is 1. The molecule has 18 heavy (non-hydrogen) atoms. The lowest BCUT2D eigenvalue weighted by Gasteiger charge is -1.96. The Kier molecular flexibility index (Phi) is 4.10. The molecule has 0 fully saturated rings. The second-order valence-electron chi connectivity index (χ2n) is 3.42. The lowest BCUT2D eigenvalue weighted by molar-refractivity contribution is 0.103. The van der Waals surface area contributed by atoms with Crippen molar-refractivity contribution >= 4 is 33.7 Å². The number of carbonyl (C=O) groups excluding carboxylic acids is 1. The number of amides is 1. The molecule has 3 N–H and O–H groups in total. The van der Waals surface area contributed by atoms with E-state index in [0.717, 1.165) is 10.4 Å². The van der Waals surface area contributed by atoms with E-state index in [0.29, 0.717) is 16.6 Å². The molecule has 0 aromatic carbocycles. The molecule has 0 aliphatic heterocycles. The van der Waals surface area contributed by atoms with E-state index in [1.54, 1.807) is 6.20 Å². The molecule has 2 aromatic heterocycles. The van der Waals surface area contributed by atoms with Crippen molar-refractivity contribution in [3.8, 4) is 11.8 Å². The summed E-state index contributed by atoms with van der Waals surface area (Å²) in [6.07, 6.45) is 1.65. The van der Waals surface area contributed by atoms with E-state index < -0.39 is 0 Å². The largest absolute Gasteiger partial charge is 0.320 e. The summed E-state index contributed by atoms with van der Waals surface area (Å²) < 4.78 is 0. The van der Waals surface area contributed by atoms with Gasteiger partial charge in [0.1, 0.15) is 0 Å². The van der Waals surface area contributed by atoms with Crippen LogP contribution in [0, 0.1) is 18.8 Å². The lowest BCUT2D eigenvalue weighted by atomic mass is 10.2. The fraction of sp³-hybridized carbons (Fsp3) is 0.167. The molecule has 0 aliphatic rings. The van der Waals surface area contributed by atoms with Crippen LogP contribution in [0.25, 0.3) is 0 Å². The van der Waals surface area contributed by atoms with Crippen LogP contribution in [0.15, 0.2) is 17.6 Å². The predicted molar refractivity (Wildman–Crippen MR) is 75.1 cm³/mol. The molecule has 2 heterocycles. The number of aryl methyl sites for hydroxylation is 1. The van der Waals surface area contributed by atoms with Crippen LogP contribution in [-0.4, -0.2) is 17.4 Å². The fourth-order valence-electron chi connectivity index (χ4n) is 1.29. The molecule has 0 spiro atoms. The van der Waals surface area contributed by atoms with E-state index in [2.05, 4.69) is 22.1 Å². The Morgan fingerprint density at radius 2 is 2.44 bits per heavy atom. The first-order valence-electron chi connectivity index (χ1n) is 5.21. The Balaban J connectivity index is 2.16. The van der Waals surface area contributed by atoms with Crippen molar-refractivity contribution in [1.82, 2.24) is 4.98 Å². The molecule has 2 aromatic rings. The van der Waals surface area contributed by atoms with Crippen LogP contribution in [0.2, 0.25) is 0 Å². The average molecular weight is 277 g/mol. The fourth-order valence-corrected chi connectivity index (χ4v) is 2.76. The first-order chi connectivity index (χ1) is 8.70. The van der Waals surface area contributed by atoms with Crippen LogP contribution < -0.4 is 11.1 Å². The minimum atomic E-state index is -0.154. The number of thiophene rings is 1. The van der Waals surface area contributed by atoms with Gasteiger partial charge in [0.2, 0.25) is 0 Å². The lowest BCUT2D eigenvalue weighted by Crippen LogP contribution is -2.09. The maximum atomic E-state index is 11.9. The molecule has 0 atom stereocenters. The van der Waals surface area contributed by atoms with Gasteiger partial charge in [-0.15, -0.1) is 22.7 Å². The normalized spacial score (nSPS) is 9.67. The predicted octanol–water partition coefficient (Wildman–Crippen LogP) is 2.08. The number of aromatic nitrogens is 1. The molecular weight excluding hydrogens is 266 g/mol. The third kappa shape index (κ3) is 2.96.